The van der Waals surface area contributed by atoms with Gasteiger partial charge in [-0.05, 0) is 31.2 Å². The van der Waals surface area contributed by atoms with Crippen molar-refractivity contribution in [2.75, 3.05) is 6.61 Å². The van der Waals surface area contributed by atoms with Crippen LogP contribution in [0.4, 0.5) is 0 Å². The molecule has 88 valence electrons. The number of unbranched alkanes of at least 4 members (excludes halogenated alkanes) is 1. The lowest BCUT2D eigenvalue weighted by atomic mass is 10.1. The number of hydrogen-bond acceptors (Lipinski definition) is 2. The van der Waals surface area contributed by atoms with Crippen molar-refractivity contribution in [1.29, 1.82) is 0 Å². The second-order valence-electron chi connectivity index (χ2n) is 3.91. The summed E-state index contributed by atoms with van der Waals surface area (Å²) < 4.78 is 5.00. The summed E-state index contributed by atoms with van der Waals surface area (Å²) >= 11 is 0. The van der Waals surface area contributed by atoms with E-state index in [2.05, 4.69) is 12.1 Å². The highest BCUT2D eigenvalue weighted by molar-refractivity contribution is 5.69. The summed E-state index contributed by atoms with van der Waals surface area (Å²) in [4.78, 5) is 11.2. The summed E-state index contributed by atoms with van der Waals surface area (Å²) in [6, 6.07) is 10.4. The maximum absolute atomic E-state index is 11.2. The zero-order chi connectivity index (χ0) is 11.6. The fraction of sp³-hybridized carbons (Fsp3) is 0.500. The van der Waals surface area contributed by atoms with Crippen LogP contribution in [-0.2, 0) is 16.0 Å². The van der Waals surface area contributed by atoms with Crippen molar-refractivity contribution in [2.24, 2.45) is 0 Å². The predicted molar refractivity (Wildman–Crippen MR) is 65.2 cm³/mol. The zero-order valence-corrected chi connectivity index (χ0v) is 9.95. The highest BCUT2D eigenvalue weighted by Gasteiger charge is 2.01. The molecular formula is C14H20O2. The first-order valence-electron chi connectivity index (χ1n) is 6.02. The maximum atomic E-state index is 11.2. The standard InChI is InChI=1S/C14H20O2/c1-2-12-16-14(15)11-7-6-10-13-8-4-3-5-9-13/h3-5,8-9H,2,6-7,10-12H2,1H3. The van der Waals surface area contributed by atoms with Crippen LogP contribution >= 0.6 is 0 Å². The van der Waals surface area contributed by atoms with E-state index in [1.165, 1.54) is 5.56 Å². The van der Waals surface area contributed by atoms with Gasteiger partial charge in [-0.25, -0.2) is 0 Å². The topological polar surface area (TPSA) is 26.3 Å². The second kappa shape index (κ2) is 7.91. The predicted octanol–water partition coefficient (Wildman–Crippen LogP) is 3.35. The summed E-state index contributed by atoms with van der Waals surface area (Å²) in [5.41, 5.74) is 1.34. The lowest BCUT2D eigenvalue weighted by molar-refractivity contribution is -0.143. The lowest BCUT2D eigenvalue weighted by Crippen LogP contribution is -2.04. The highest BCUT2D eigenvalue weighted by Crippen LogP contribution is 2.06. The molecule has 16 heavy (non-hydrogen) atoms. The van der Waals surface area contributed by atoms with Crippen molar-refractivity contribution in [3.63, 3.8) is 0 Å². The Bertz CT molecular complexity index is 293. The molecule has 2 heteroatoms. The molecule has 1 aromatic rings. The molecular weight excluding hydrogens is 200 g/mol. The Hall–Kier alpha value is -1.31. The van der Waals surface area contributed by atoms with E-state index in [1.807, 2.05) is 25.1 Å². The van der Waals surface area contributed by atoms with Crippen molar-refractivity contribution in [1.82, 2.24) is 0 Å². The van der Waals surface area contributed by atoms with E-state index in [4.69, 9.17) is 4.74 Å². The van der Waals surface area contributed by atoms with Crippen LogP contribution in [0.5, 0.6) is 0 Å². The van der Waals surface area contributed by atoms with Crippen molar-refractivity contribution in [2.45, 2.75) is 39.0 Å². The normalized spacial score (nSPS) is 10.1. The Kier molecular flexibility index (Phi) is 6.31. The zero-order valence-electron chi connectivity index (χ0n) is 9.95. The molecule has 0 aliphatic rings. The Balaban J connectivity index is 2.06. The first-order valence-corrected chi connectivity index (χ1v) is 6.02. The molecule has 0 aliphatic heterocycles. The van der Waals surface area contributed by atoms with Crippen LogP contribution in [0.3, 0.4) is 0 Å². The van der Waals surface area contributed by atoms with E-state index in [9.17, 15) is 4.79 Å². The number of hydrogen-bond donors (Lipinski definition) is 0. The molecule has 0 amide bonds. The van der Waals surface area contributed by atoms with Gasteiger partial charge in [-0.2, -0.15) is 0 Å². The van der Waals surface area contributed by atoms with Crippen LogP contribution in [0.25, 0.3) is 0 Å². The molecule has 0 atom stereocenters. The highest BCUT2D eigenvalue weighted by atomic mass is 16.5. The van der Waals surface area contributed by atoms with Crippen LogP contribution in [0.15, 0.2) is 30.3 Å². The van der Waals surface area contributed by atoms with Gasteiger partial charge in [0.25, 0.3) is 0 Å². The van der Waals surface area contributed by atoms with Gasteiger partial charge in [0.05, 0.1) is 6.61 Å². The molecule has 1 aromatic carbocycles. The van der Waals surface area contributed by atoms with Gasteiger partial charge in [0, 0.05) is 6.42 Å². The van der Waals surface area contributed by atoms with Crippen molar-refractivity contribution < 1.29 is 9.53 Å². The average molecular weight is 220 g/mol. The monoisotopic (exact) mass is 220 g/mol. The van der Waals surface area contributed by atoms with Gasteiger partial charge in [0.15, 0.2) is 0 Å². The van der Waals surface area contributed by atoms with Gasteiger partial charge >= 0.3 is 5.97 Å². The molecule has 0 heterocycles. The van der Waals surface area contributed by atoms with Gasteiger partial charge in [0.2, 0.25) is 0 Å². The fourth-order valence-corrected chi connectivity index (χ4v) is 1.53. The quantitative estimate of drug-likeness (QED) is 0.520. The second-order valence-corrected chi connectivity index (χ2v) is 3.91. The minimum Gasteiger partial charge on any atom is -0.466 e. The molecule has 0 aliphatic carbocycles. The van der Waals surface area contributed by atoms with Crippen LogP contribution in [0.2, 0.25) is 0 Å². The molecule has 0 saturated carbocycles. The van der Waals surface area contributed by atoms with Gasteiger partial charge < -0.3 is 4.74 Å². The van der Waals surface area contributed by atoms with Crippen molar-refractivity contribution >= 4 is 5.97 Å². The van der Waals surface area contributed by atoms with Crippen molar-refractivity contribution in [3.8, 4) is 0 Å². The van der Waals surface area contributed by atoms with Gasteiger partial charge in [0.1, 0.15) is 0 Å². The van der Waals surface area contributed by atoms with E-state index < -0.39 is 0 Å². The number of benzene rings is 1. The molecule has 0 spiro atoms. The van der Waals surface area contributed by atoms with Crippen LogP contribution in [0.1, 0.15) is 38.2 Å². The van der Waals surface area contributed by atoms with Gasteiger partial charge in [-0.3, -0.25) is 4.79 Å². The smallest absolute Gasteiger partial charge is 0.305 e. The molecule has 0 aromatic heterocycles. The number of aryl methyl sites for hydroxylation is 1. The molecule has 0 N–H and O–H groups in total. The largest absolute Gasteiger partial charge is 0.466 e. The third-order valence-corrected chi connectivity index (χ3v) is 2.41. The molecule has 0 radical (unpaired) electrons. The fourth-order valence-electron chi connectivity index (χ4n) is 1.53. The Morgan fingerprint density at radius 1 is 1.19 bits per heavy atom. The Morgan fingerprint density at radius 2 is 1.94 bits per heavy atom. The minimum atomic E-state index is -0.0603. The lowest BCUT2D eigenvalue weighted by Gasteiger charge is -2.03. The SMILES string of the molecule is CCCOC(=O)CCCCc1ccccc1. The third-order valence-electron chi connectivity index (χ3n) is 2.41. The number of esters is 1. The number of carbonyl (C=O) groups is 1. The van der Waals surface area contributed by atoms with E-state index >= 15 is 0 Å². The number of ether oxygens (including phenoxy) is 1. The molecule has 0 bridgehead atoms. The summed E-state index contributed by atoms with van der Waals surface area (Å²) in [5.74, 6) is -0.0603. The van der Waals surface area contributed by atoms with Crippen LogP contribution in [-0.4, -0.2) is 12.6 Å². The third kappa shape index (κ3) is 5.54. The average Bonchev–Trinajstić information content (AvgIpc) is 2.33. The summed E-state index contributed by atoms with van der Waals surface area (Å²) in [6.45, 7) is 2.56. The van der Waals surface area contributed by atoms with E-state index in [0.29, 0.717) is 13.0 Å². The first kappa shape index (κ1) is 12.8. The van der Waals surface area contributed by atoms with E-state index in [0.717, 1.165) is 25.7 Å². The summed E-state index contributed by atoms with van der Waals surface area (Å²) in [5, 5.41) is 0. The maximum Gasteiger partial charge on any atom is 0.305 e. The Morgan fingerprint density at radius 3 is 2.62 bits per heavy atom. The summed E-state index contributed by atoms with van der Waals surface area (Å²) in [7, 11) is 0. The van der Waals surface area contributed by atoms with Gasteiger partial charge in [-0.15, -0.1) is 0 Å². The van der Waals surface area contributed by atoms with Crippen LogP contribution in [0, 0.1) is 0 Å². The first-order chi connectivity index (χ1) is 7.83. The number of rotatable bonds is 7. The minimum absolute atomic E-state index is 0.0603. The molecule has 2 nitrogen and oxygen atoms in total. The van der Waals surface area contributed by atoms with Crippen LogP contribution < -0.4 is 0 Å². The molecule has 0 unspecified atom stereocenters. The van der Waals surface area contributed by atoms with Gasteiger partial charge in [-0.1, -0.05) is 37.3 Å². The van der Waals surface area contributed by atoms with Crippen molar-refractivity contribution in [3.05, 3.63) is 35.9 Å². The number of carbonyl (C=O) groups excluding carboxylic acids is 1. The van der Waals surface area contributed by atoms with E-state index in [1.54, 1.807) is 0 Å². The summed E-state index contributed by atoms with van der Waals surface area (Å²) in [6.07, 6.45) is 4.45. The molecule has 1 rings (SSSR count). The Labute approximate surface area is 97.6 Å². The molecule has 0 saturated heterocycles. The molecule has 0 fully saturated rings. The van der Waals surface area contributed by atoms with E-state index in [-0.39, 0.29) is 5.97 Å².